The molecule has 2 aromatic rings. The van der Waals surface area contributed by atoms with Crippen LogP contribution in [0, 0.1) is 12.7 Å². The van der Waals surface area contributed by atoms with Crippen LogP contribution in [0.25, 0.3) is 11.3 Å². The molecular formula is C15H18ClFN2O2. The highest BCUT2D eigenvalue weighted by atomic mass is 35.5. The van der Waals surface area contributed by atoms with Gasteiger partial charge in [-0.25, -0.2) is 4.39 Å². The lowest BCUT2D eigenvalue weighted by Crippen LogP contribution is -2.28. The number of nitrogens with zero attached hydrogens (tertiary/aromatic N) is 1. The number of rotatable bonds is 5. The molecule has 0 radical (unpaired) electrons. The van der Waals surface area contributed by atoms with E-state index in [-0.39, 0.29) is 22.3 Å². The highest BCUT2D eigenvalue weighted by Crippen LogP contribution is 2.36. The van der Waals surface area contributed by atoms with Crippen molar-refractivity contribution >= 4 is 11.6 Å². The van der Waals surface area contributed by atoms with E-state index in [0.29, 0.717) is 17.9 Å². The van der Waals surface area contributed by atoms with Gasteiger partial charge in [0.2, 0.25) is 0 Å². The number of aromatic nitrogens is 1. The van der Waals surface area contributed by atoms with Crippen molar-refractivity contribution in [3.05, 3.63) is 40.4 Å². The predicted molar refractivity (Wildman–Crippen MR) is 79.7 cm³/mol. The third kappa shape index (κ3) is 3.43. The molecule has 6 heteroatoms. The van der Waals surface area contributed by atoms with Crippen molar-refractivity contribution in [2.45, 2.75) is 32.9 Å². The second-order valence-corrected chi connectivity index (χ2v) is 5.58. The SMILES string of the molecule is Cc1onc(-c2c(F)cccc2Cl)c1C(O)CNC(C)C. The van der Waals surface area contributed by atoms with E-state index >= 15 is 0 Å². The maximum Gasteiger partial charge on any atom is 0.140 e. The van der Waals surface area contributed by atoms with Crippen LogP contribution < -0.4 is 5.32 Å². The lowest BCUT2D eigenvalue weighted by atomic mass is 10.0. The summed E-state index contributed by atoms with van der Waals surface area (Å²) in [6, 6.07) is 4.62. The molecule has 0 spiro atoms. The molecule has 0 aliphatic heterocycles. The van der Waals surface area contributed by atoms with Crippen molar-refractivity contribution < 1.29 is 14.0 Å². The molecule has 1 aromatic carbocycles. The van der Waals surface area contributed by atoms with Gasteiger partial charge in [0.05, 0.1) is 22.3 Å². The average molecular weight is 313 g/mol. The molecule has 1 atom stereocenters. The first kappa shape index (κ1) is 15.9. The summed E-state index contributed by atoms with van der Waals surface area (Å²) in [6.07, 6.45) is -0.857. The molecule has 4 nitrogen and oxygen atoms in total. The van der Waals surface area contributed by atoms with E-state index in [1.54, 1.807) is 13.0 Å². The van der Waals surface area contributed by atoms with Gasteiger partial charge in [-0.05, 0) is 19.1 Å². The van der Waals surface area contributed by atoms with Crippen molar-refractivity contribution in [2.24, 2.45) is 0 Å². The Morgan fingerprint density at radius 1 is 1.43 bits per heavy atom. The zero-order valence-corrected chi connectivity index (χ0v) is 12.9. The summed E-state index contributed by atoms with van der Waals surface area (Å²) >= 11 is 6.06. The van der Waals surface area contributed by atoms with E-state index < -0.39 is 11.9 Å². The summed E-state index contributed by atoms with van der Waals surface area (Å²) in [4.78, 5) is 0. The van der Waals surface area contributed by atoms with Crippen LogP contribution in [0.3, 0.4) is 0 Å². The van der Waals surface area contributed by atoms with Gasteiger partial charge >= 0.3 is 0 Å². The van der Waals surface area contributed by atoms with Crippen molar-refractivity contribution in [3.8, 4) is 11.3 Å². The Hall–Kier alpha value is -1.43. The fraction of sp³-hybridized carbons (Fsp3) is 0.400. The average Bonchev–Trinajstić information content (AvgIpc) is 2.78. The van der Waals surface area contributed by atoms with Crippen molar-refractivity contribution in [2.75, 3.05) is 6.54 Å². The first-order valence-electron chi connectivity index (χ1n) is 6.73. The molecule has 0 amide bonds. The predicted octanol–water partition coefficient (Wildman–Crippen LogP) is 3.47. The number of benzene rings is 1. The van der Waals surface area contributed by atoms with Gasteiger partial charge in [0.1, 0.15) is 17.3 Å². The van der Waals surface area contributed by atoms with Crippen LogP contribution in [0.5, 0.6) is 0 Å². The van der Waals surface area contributed by atoms with Crippen LogP contribution in [0.4, 0.5) is 4.39 Å². The van der Waals surface area contributed by atoms with Gasteiger partial charge in [0, 0.05) is 12.6 Å². The normalized spacial score (nSPS) is 12.9. The van der Waals surface area contributed by atoms with E-state index in [4.69, 9.17) is 16.1 Å². The molecule has 1 unspecified atom stereocenters. The van der Waals surface area contributed by atoms with Crippen molar-refractivity contribution in [3.63, 3.8) is 0 Å². The van der Waals surface area contributed by atoms with E-state index in [2.05, 4.69) is 10.5 Å². The van der Waals surface area contributed by atoms with Gasteiger partial charge in [0.15, 0.2) is 0 Å². The van der Waals surface area contributed by atoms with Gasteiger partial charge < -0.3 is 14.9 Å². The minimum atomic E-state index is -0.857. The van der Waals surface area contributed by atoms with Gasteiger partial charge in [-0.3, -0.25) is 0 Å². The standard InChI is InChI=1S/C15H18ClFN2O2/c1-8(2)18-7-12(20)13-9(3)21-19-15(13)14-10(16)5-4-6-11(14)17/h4-6,8,12,18,20H,7H2,1-3H3. The highest BCUT2D eigenvalue weighted by Gasteiger charge is 2.25. The van der Waals surface area contributed by atoms with Gasteiger partial charge in [-0.1, -0.05) is 36.7 Å². The Balaban J connectivity index is 2.43. The molecule has 0 saturated carbocycles. The summed E-state index contributed by atoms with van der Waals surface area (Å²) in [5.41, 5.74) is 0.846. The molecule has 21 heavy (non-hydrogen) atoms. The number of nitrogens with one attached hydrogen (secondary N) is 1. The summed E-state index contributed by atoms with van der Waals surface area (Å²) in [5.74, 6) is -0.0524. The maximum absolute atomic E-state index is 14.0. The first-order valence-corrected chi connectivity index (χ1v) is 7.11. The Morgan fingerprint density at radius 2 is 2.14 bits per heavy atom. The maximum atomic E-state index is 14.0. The smallest absolute Gasteiger partial charge is 0.140 e. The fourth-order valence-electron chi connectivity index (χ4n) is 2.13. The fourth-order valence-corrected chi connectivity index (χ4v) is 2.38. The number of halogens is 2. The molecule has 1 aromatic heterocycles. The van der Waals surface area contributed by atoms with Crippen LogP contribution in [0.15, 0.2) is 22.7 Å². The molecule has 2 N–H and O–H groups in total. The molecule has 1 heterocycles. The number of hydrogen-bond donors (Lipinski definition) is 2. The van der Waals surface area contributed by atoms with Gasteiger partial charge in [-0.2, -0.15) is 0 Å². The summed E-state index contributed by atoms with van der Waals surface area (Å²) in [7, 11) is 0. The zero-order chi connectivity index (χ0) is 15.6. The van der Waals surface area contributed by atoms with E-state index in [1.807, 2.05) is 13.8 Å². The Morgan fingerprint density at radius 3 is 2.76 bits per heavy atom. The largest absolute Gasteiger partial charge is 0.387 e. The van der Waals surface area contributed by atoms with Crippen LogP contribution in [0.1, 0.15) is 31.3 Å². The summed E-state index contributed by atoms with van der Waals surface area (Å²) in [5, 5.41) is 17.6. The minimum absolute atomic E-state index is 0.148. The number of hydrogen-bond acceptors (Lipinski definition) is 4. The van der Waals surface area contributed by atoms with Crippen molar-refractivity contribution in [1.29, 1.82) is 0 Å². The molecule has 0 saturated heterocycles. The Bertz CT molecular complexity index is 608. The lowest BCUT2D eigenvalue weighted by molar-refractivity contribution is 0.170. The Kier molecular flexibility index (Phi) is 4.98. The van der Waals surface area contributed by atoms with Gasteiger partial charge in [-0.15, -0.1) is 0 Å². The van der Waals surface area contributed by atoms with E-state index in [9.17, 15) is 9.50 Å². The highest BCUT2D eigenvalue weighted by molar-refractivity contribution is 6.33. The molecule has 0 fully saturated rings. The molecule has 0 bridgehead atoms. The Labute approximate surface area is 127 Å². The number of aryl methyl sites for hydroxylation is 1. The van der Waals surface area contributed by atoms with E-state index in [0.717, 1.165) is 0 Å². The third-order valence-electron chi connectivity index (χ3n) is 3.16. The number of aliphatic hydroxyl groups excluding tert-OH is 1. The topological polar surface area (TPSA) is 58.3 Å². The second-order valence-electron chi connectivity index (χ2n) is 5.18. The molecule has 114 valence electrons. The molecular weight excluding hydrogens is 295 g/mol. The van der Waals surface area contributed by atoms with Crippen LogP contribution in [-0.2, 0) is 0 Å². The summed E-state index contributed by atoms with van der Waals surface area (Å²) in [6.45, 7) is 5.95. The quantitative estimate of drug-likeness (QED) is 0.887. The third-order valence-corrected chi connectivity index (χ3v) is 3.48. The molecule has 0 aliphatic carbocycles. The molecule has 2 rings (SSSR count). The van der Waals surface area contributed by atoms with Crippen LogP contribution in [0.2, 0.25) is 5.02 Å². The van der Waals surface area contributed by atoms with Crippen LogP contribution >= 0.6 is 11.6 Å². The van der Waals surface area contributed by atoms with E-state index in [1.165, 1.54) is 12.1 Å². The zero-order valence-electron chi connectivity index (χ0n) is 12.2. The minimum Gasteiger partial charge on any atom is -0.387 e. The van der Waals surface area contributed by atoms with Crippen molar-refractivity contribution in [1.82, 2.24) is 10.5 Å². The van der Waals surface area contributed by atoms with Crippen LogP contribution in [-0.4, -0.2) is 22.8 Å². The first-order chi connectivity index (χ1) is 9.91. The molecule has 0 aliphatic rings. The monoisotopic (exact) mass is 312 g/mol. The number of aliphatic hydroxyl groups is 1. The van der Waals surface area contributed by atoms with Gasteiger partial charge in [0.25, 0.3) is 0 Å². The summed E-state index contributed by atoms with van der Waals surface area (Å²) < 4.78 is 19.2. The lowest BCUT2D eigenvalue weighted by Gasteiger charge is -2.15. The second kappa shape index (κ2) is 6.56.